The van der Waals surface area contributed by atoms with E-state index in [0.29, 0.717) is 5.02 Å². The van der Waals surface area contributed by atoms with E-state index < -0.39 is 5.54 Å². The molecule has 1 amide bonds. The summed E-state index contributed by atoms with van der Waals surface area (Å²) >= 11 is 6.22. The third kappa shape index (κ3) is 3.28. The van der Waals surface area contributed by atoms with Gasteiger partial charge in [0.15, 0.2) is 0 Å². The lowest BCUT2D eigenvalue weighted by molar-refractivity contribution is -0.126. The van der Waals surface area contributed by atoms with Gasteiger partial charge in [-0.15, -0.1) is 0 Å². The van der Waals surface area contributed by atoms with Crippen LogP contribution in [0.3, 0.4) is 0 Å². The average molecular weight is 281 g/mol. The van der Waals surface area contributed by atoms with E-state index in [-0.39, 0.29) is 11.8 Å². The summed E-state index contributed by atoms with van der Waals surface area (Å²) in [6.07, 6.45) is 0.931. The van der Waals surface area contributed by atoms with Gasteiger partial charge in [0.05, 0.1) is 11.5 Å². The summed E-state index contributed by atoms with van der Waals surface area (Å²) in [6.45, 7) is 5.81. The number of carbonyl (C=O) groups excluding carboxylic acids is 1. The van der Waals surface area contributed by atoms with Crippen molar-refractivity contribution in [3.05, 3.63) is 34.9 Å². The van der Waals surface area contributed by atoms with Gasteiger partial charge in [0.25, 0.3) is 0 Å². The number of rotatable bonds is 3. The largest absolute Gasteiger partial charge is 0.347 e. The monoisotopic (exact) mass is 280 g/mol. The smallest absolute Gasteiger partial charge is 0.225 e. The van der Waals surface area contributed by atoms with Crippen molar-refractivity contribution in [2.45, 2.75) is 25.8 Å². The highest BCUT2D eigenvalue weighted by Crippen LogP contribution is 2.28. The molecule has 1 heterocycles. The SMILES string of the molecule is CN1CC[C@H](C(=O)NC(C)(C)c2ccccc2Cl)C1. The number of amides is 1. The molecule has 1 aliphatic heterocycles. The molecule has 19 heavy (non-hydrogen) atoms. The molecule has 0 bridgehead atoms. The Balaban J connectivity index is 2.09. The van der Waals surface area contributed by atoms with Crippen molar-refractivity contribution in [1.29, 1.82) is 0 Å². The van der Waals surface area contributed by atoms with Crippen LogP contribution in [-0.2, 0) is 10.3 Å². The molecule has 1 aromatic rings. The zero-order valence-corrected chi connectivity index (χ0v) is 12.5. The molecule has 1 aliphatic rings. The Morgan fingerprint density at radius 2 is 2.11 bits per heavy atom. The van der Waals surface area contributed by atoms with E-state index in [9.17, 15) is 4.79 Å². The summed E-state index contributed by atoms with van der Waals surface area (Å²) in [6, 6.07) is 7.66. The molecular weight excluding hydrogens is 260 g/mol. The summed E-state index contributed by atoms with van der Waals surface area (Å²) in [5, 5.41) is 3.82. The van der Waals surface area contributed by atoms with Crippen LogP contribution in [0, 0.1) is 5.92 Å². The number of carbonyl (C=O) groups is 1. The second kappa shape index (κ2) is 5.51. The van der Waals surface area contributed by atoms with Gasteiger partial charge >= 0.3 is 0 Å². The second-order valence-corrected chi connectivity index (χ2v) is 6.25. The standard InChI is InChI=1S/C15H21ClN2O/c1-15(2,12-6-4-5-7-13(12)16)17-14(19)11-8-9-18(3)10-11/h4-7,11H,8-10H2,1-3H3,(H,17,19)/t11-/m0/s1. The molecule has 4 heteroatoms. The topological polar surface area (TPSA) is 32.3 Å². The lowest BCUT2D eigenvalue weighted by atomic mass is 9.93. The molecule has 104 valence electrons. The Hall–Kier alpha value is -1.06. The van der Waals surface area contributed by atoms with Crippen molar-refractivity contribution < 1.29 is 4.79 Å². The van der Waals surface area contributed by atoms with Crippen LogP contribution in [0.25, 0.3) is 0 Å². The zero-order chi connectivity index (χ0) is 14.0. The minimum atomic E-state index is -0.448. The Kier molecular flexibility index (Phi) is 4.16. The fraction of sp³-hybridized carbons (Fsp3) is 0.533. The summed E-state index contributed by atoms with van der Waals surface area (Å²) in [5.41, 5.74) is 0.507. The van der Waals surface area contributed by atoms with E-state index in [1.54, 1.807) is 0 Å². The predicted octanol–water partition coefficient (Wildman–Crippen LogP) is 2.64. The maximum atomic E-state index is 12.3. The third-order valence-corrected chi connectivity index (χ3v) is 4.07. The Bertz CT molecular complexity index is 473. The van der Waals surface area contributed by atoms with E-state index in [1.807, 2.05) is 45.2 Å². The van der Waals surface area contributed by atoms with E-state index >= 15 is 0 Å². The molecule has 0 aliphatic carbocycles. The molecule has 1 saturated heterocycles. The van der Waals surface area contributed by atoms with Crippen molar-refractivity contribution in [3.63, 3.8) is 0 Å². The van der Waals surface area contributed by atoms with Crippen LogP contribution in [0.1, 0.15) is 25.8 Å². The summed E-state index contributed by atoms with van der Waals surface area (Å²) in [7, 11) is 2.05. The molecule has 1 N–H and O–H groups in total. The highest BCUT2D eigenvalue weighted by atomic mass is 35.5. The van der Waals surface area contributed by atoms with Crippen molar-refractivity contribution in [1.82, 2.24) is 10.2 Å². The van der Waals surface area contributed by atoms with Gasteiger partial charge in [-0.05, 0) is 45.5 Å². The maximum absolute atomic E-state index is 12.3. The van der Waals surface area contributed by atoms with Gasteiger partial charge in [-0.1, -0.05) is 29.8 Å². The zero-order valence-electron chi connectivity index (χ0n) is 11.7. The normalized spacial score (nSPS) is 20.5. The molecule has 0 unspecified atom stereocenters. The molecule has 1 atom stereocenters. The molecule has 0 aromatic heterocycles. The molecule has 0 spiro atoms. The van der Waals surface area contributed by atoms with Crippen molar-refractivity contribution in [2.75, 3.05) is 20.1 Å². The van der Waals surface area contributed by atoms with Crippen LogP contribution in [0.5, 0.6) is 0 Å². The van der Waals surface area contributed by atoms with E-state index in [0.717, 1.165) is 25.1 Å². The second-order valence-electron chi connectivity index (χ2n) is 5.84. The quantitative estimate of drug-likeness (QED) is 0.923. The van der Waals surface area contributed by atoms with Gasteiger partial charge in [-0.25, -0.2) is 0 Å². The lowest BCUT2D eigenvalue weighted by Gasteiger charge is -2.29. The Morgan fingerprint density at radius 1 is 1.42 bits per heavy atom. The molecular formula is C15H21ClN2O. The maximum Gasteiger partial charge on any atom is 0.225 e. The highest BCUT2D eigenvalue weighted by molar-refractivity contribution is 6.31. The van der Waals surface area contributed by atoms with Crippen LogP contribution in [-0.4, -0.2) is 30.9 Å². The Labute approximate surface area is 119 Å². The first-order chi connectivity index (χ1) is 8.90. The lowest BCUT2D eigenvalue weighted by Crippen LogP contribution is -2.44. The number of halogens is 1. The fourth-order valence-electron chi connectivity index (χ4n) is 2.59. The van der Waals surface area contributed by atoms with E-state index in [2.05, 4.69) is 10.2 Å². The van der Waals surface area contributed by atoms with Gasteiger partial charge in [0.1, 0.15) is 0 Å². The predicted molar refractivity (Wildman–Crippen MR) is 78.2 cm³/mol. The number of nitrogens with one attached hydrogen (secondary N) is 1. The molecule has 1 fully saturated rings. The van der Waals surface area contributed by atoms with Crippen molar-refractivity contribution in [2.24, 2.45) is 5.92 Å². The van der Waals surface area contributed by atoms with Crippen molar-refractivity contribution in [3.8, 4) is 0 Å². The van der Waals surface area contributed by atoms with Gasteiger partial charge in [-0.2, -0.15) is 0 Å². The Morgan fingerprint density at radius 3 is 2.68 bits per heavy atom. The van der Waals surface area contributed by atoms with E-state index in [4.69, 9.17) is 11.6 Å². The first-order valence-electron chi connectivity index (χ1n) is 6.66. The van der Waals surface area contributed by atoms with Gasteiger partial charge < -0.3 is 10.2 Å². The summed E-state index contributed by atoms with van der Waals surface area (Å²) < 4.78 is 0. The van der Waals surface area contributed by atoms with Crippen LogP contribution in [0.2, 0.25) is 5.02 Å². The van der Waals surface area contributed by atoms with Gasteiger partial charge in [0, 0.05) is 11.6 Å². The van der Waals surface area contributed by atoms with Gasteiger partial charge in [0.2, 0.25) is 5.91 Å². The molecule has 1 aromatic carbocycles. The van der Waals surface area contributed by atoms with Crippen LogP contribution >= 0.6 is 11.6 Å². The first-order valence-corrected chi connectivity index (χ1v) is 7.03. The van der Waals surface area contributed by atoms with Gasteiger partial charge in [-0.3, -0.25) is 4.79 Å². The number of hydrogen-bond donors (Lipinski definition) is 1. The van der Waals surface area contributed by atoms with Crippen LogP contribution in [0.15, 0.2) is 24.3 Å². The van der Waals surface area contributed by atoms with E-state index in [1.165, 1.54) is 0 Å². The fourth-order valence-corrected chi connectivity index (χ4v) is 2.97. The summed E-state index contributed by atoms with van der Waals surface area (Å²) in [5.74, 6) is 0.209. The number of hydrogen-bond acceptors (Lipinski definition) is 2. The van der Waals surface area contributed by atoms with Crippen molar-refractivity contribution >= 4 is 17.5 Å². The van der Waals surface area contributed by atoms with Crippen LogP contribution < -0.4 is 5.32 Å². The summed E-state index contributed by atoms with van der Waals surface area (Å²) in [4.78, 5) is 14.5. The molecule has 2 rings (SSSR count). The minimum Gasteiger partial charge on any atom is -0.347 e. The molecule has 3 nitrogen and oxygen atoms in total. The number of benzene rings is 1. The molecule has 0 saturated carbocycles. The first kappa shape index (κ1) is 14.4. The molecule has 0 radical (unpaired) electrons. The van der Waals surface area contributed by atoms with Crippen LogP contribution in [0.4, 0.5) is 0 Å². The minimum absolute atomic E-state index is 0.0896. The number of likely N-dealkylation sites (tertiary alicyclic amines) is 1. The highest BCUT2D eigenvalue weighted by Gasteiger charge is 2.31. The number of nitrogens with zero attached hydrogens (tertiary/aromatic N) is 1. The average Bonchev–Trinajstić information content (AvgIpc) is 2.76. The third-order valence-electron chi connectivity index (χ3n) is 3.75.